The average molecular weight is 365 g/mol. The van der Waals surface area contributed by atoms with Gasteiger partial charge in [0, 0.05) is 30.7 Å². The van der Waals surface area contributed by atoms with E-state index in [2.05, 4.69) is 64.3 Å². The van der Waals surface area contributed by atoms with Gasteiger partial charge in [-0.1, -0.05) is 29.8 Å². The lowest BCUT2D eigenvalue weighted by Crippen LogP contribution is -2.44. The minimum absolute atomic E-state index is 0.0554. The number of aryl methyl sites for hydroxylation is 1. The van der Waals surface area contributed by atoms with Crippen LogP contribution in [0.5, 0.6) is 0 Å². The molecule has 0 saturated heterocycles. The molecule has 2 heterocycles. The fourth-order valence-electron chi connectivity index (χ4n) is 3.43. The lowest BCUT2D eigenvalue weighted by Gasteiger charge is -2.39. The van der Waals surface area contributed by atoms with Gasteiger partial charge in [0.15, 0.2) is 5.11 Å². The van der Waals surface area contributed by atoms with Gasteiger partial charge in [-0.2, -0.15) is 0 Å². The fourth-order valence-corrected chi connectivity index (χ4v) is 3.74. The maximum absolute atomic E-state index is 13.2. The summed E-state index contributed by atoms with van der Waals surface area (Å²) in [4.78, 5) is 2.21. The second kappa shape index (κ2) is 6.92. The molecule has 26 heavy (non-hydrogen) atoms. The Bertz CT molecular complexity index is 915. The maximum atomic E-state index is 13.2. The Hall–Kier alpha value is -2.66. The van der Waals surface area contributed by atoms with Gasteiger partial charge in [-0.05, 0) is 61.1 Å². The normalized spacial score (nSPS) is 16.2. The van der Waals surface area contributed by atoms with Crippen molar-refractivity contribution in [2.75, 3.05) is 11.9 Å². The van der Waals surface area contributed by atoms with Crippen LogP contribution in [-0.4, -0.2) is 21.1 Å². The highest BCUT2D eigenvalue weighted by atomic mass is 32.1. The summed E-state index contributed by atoms with van der Waals surface area (Å²) in [6.07, 6.45) is 2.12. The lowest BCUT2D eigenvalue weighted by atomic mass is 9.99. The monoisotopic (exact) mass is 365 g/mol. The van der Waals surface area contributed by atoms with Crippen molar-refractivity contribution >= 4 is 23.0 Å². The van der Waals surface area contributed by atoms with Crippen molar-refractivity contribution in [3.8, 4) is 0 Å². The van der Waals surface area contributed by atoms with Crippen LogP contribution in [0.2, 0.25) is 0 Å². The molecule has 1 unspecified atom stereocenters. The number of rotatable bonds is 2. The number of fused-ring (bicyclic) bond motifs is 1. The minimum atomic E-state index is -0.255. The largest absolute Gasteiger partial charge is 0.348 e. The van der Waals surface area contributed by atoms with Gasteiger partial charge < -0.3 is 14.8 Å². The van der Waals surface area contributed by atoms with Crippen LogP contribution in [0, 0.1) is 12.7 Å². The number of hydrogen-bond donors (Lipinski definition) is 1. The van der Waals surface area contributed by atoms with Crippen molar-refractivity contribution in [3.05, 3.63) is 89.5 Å². The van der Waals surface area contributed by atoms with Crippen LogP contribution in [0.1, 0.15) is 22.9 Å². The lowest BCUT2D eigenvalue weighted by molar-refractivity contribution is 0.293. The number of aromatic nitrogens is 1. The quantitative estimate of drug-likeness (QED) is 0.663. The number of thiocarbonyl (C=S) groups is 1. The van der Waals surface area contributed by atoms with Crippen molar-refractivity contribution in [1.29, 1.82) is 0 Å². The molecule has 0 saturated carbocycles. The second-order valence-corrected chi connectivity index (χ2v) is 6.96. The Kier molecular flexibility index (Phi) is 4.47. The van der Waals surface area contributed by atoms with Gasteiger partial charge in [0.1, 0.15) is 5.82 Å². The molecule has 0 fully saturated rings. The first-order chi connectivity index (χ1) is 12.6. The molecule has 0 aliphatic carbocycles. The molecule has 1 aliphatic heterocycles. The fraction of sp³-hybridized carbons (Fsp3) is 0.190. The summed E-state index contributed by atoms with van der Waals surface area (Å²) in [5.41, 5.74) is 4.46. The predicted molar refractivity (Wildman–Crippen MR) is 107 cm³/mol. The van der Waals surface area contributed by atoms with Gasteiger partial charge in [-0.3, -0.25) is 0 Å². The number of benzene rings is 2. The molecule has 3 aromatic rings. The van der Waals surface area contributed by atoms with Crippen LogP contribution in [0.4, 0.5) is 10.1 Å². The molecule has 1 atom stereocenters. The van der Waals surface area contributed by atoms with E-state index in [9.17, 15) is 4.39 Å². The summed E-state index contributed by atoms with van der Waals surface area (Å²) in [6.45, 7) is 3.79. The highest BCUT2D eigenvalue weighted by Crippen LogP contribution is 2.33. The summed E-state index contributed by atoms with van der Waals surface area (Å²) in [5, 5.41) is 3.90. The number of anilines is 1. The van der Waals surface area contributed by atoms with E-state index in [0.717, 1.165) is 18.8 Å². The smallest absolute Gasteiger partial charge is 0.174 e. The predicted octanol–water partition coefficient (Wildman–Crippen LogP) is 4.74. The molecule has 4 rings (SSSR count). The molecule has 1 aromatic heterocycles. The zero-order valence-corrected chi connectivity index (χ0v) is 15.3. The Morgan fingerprint density at radius 3 is 2.50 bits per heavy atom. The first-order valence-electron chi connectivity index (χ1n) is 8.66. The summed E-state index contributed by atoms with van der Waals surface area (Å²) >= 11 is 5.71. The molecule has 0 radical (unpaired) electrons. The van der Waals surface area contributed by atoms with E-state index in [-0.39, 0.29) is 11.9 Å². The van der Waals surface area contributed by atoms with Crippen molar-refractivity contribution in [2.45, 2.75) is 19.5 Å². The van der Waals surface area contributed by atoms with E-state index >= 15 is 0 Å². The van der Waals surface area contributed by atoms with Crippen LogP contribution in [0.25, 0.3) is 0 Å². The third-order valence-electron chi connectivity index (χ3n) is 4.79. The molecular weight excluding hydrogens is 345 g/mol. The van der Waals surface area contributed by atoms with Gasteiger partial charge in [-0.15, -0.1) is 0 Å². The average Bonchev–Trinajstić information content (AvgIpc) is 3.12. The number of halogens is 1. The minimum Gasteiger partial charge on any atom is -0.348 e. The highest BCUT2D eigenvalue weighted by Gasteiger charge is 2.30. The Balaban J connectivity index is 1.66. The first-order valence-corrected chi connectivity index (χ1v) is 9.07. The van der Waals surface area contributed by atoms with Gasteiger partial charge in [0.2, 0.25) is 0 Å². The standard InChI is InChI=1S/C21H20FN3S/c1-15-4-6-16(7-5-15)20-19-3-2-12-24(19)13-14-25(20)21(26)23-18-10-8-17(22)9-11-18/h2-12,20H,13-14H2,1H3,(H,23,26). The van der Waals surface area contributed by atoms with E-state index in [1.165, 1.54) is 29.0 Å². The van der Waals surface area contributed by atoms with Gasteiger partial charge in [0.25, 0.3) is 0 Å². The zero-order chi connectivity index (χ0) is 18.1. The van der Waals surface area contributed by atoms with Crippen LogP contribution < -0.4 is 5.32 Å². The molecule has 0 spiro atoms. The summed E-state index contributed by atoms with van der Waals surface area (Å²) in [6, 6.07) is 19.1. The summed E-state index contributed by atoms with van der Waals surface area (Å²) in [7, 11) is 0. The topological polar surface area (TPSA) is 20.2 Å². The van der Waals surface area contributed by atoms with Crippen molar-refractivity contribution in [2.24, 2.45) is 0 Å². The molecule has 5 heteroatoms. The highest BCUT2D eigenvalue weighted by molar-refractivity contribution is 7.80. The van der Waals surface area contributed by atoms with E-state index in [1.807, 2.05) is 0 Å². The first kappa shape index (κ1) is 16.8. The van der Waals surface area contributed by atoms with E-state index in [4.69, 9.17) is 12.2 Å². The Morgan fingerprint density at radius 2 is 1.77 bits per heavy atom. The zero-order valence-electron chi connectivity index (χ0n) is 14.5. The van der Waals surface area contributed by atoms with E-state index in [1.54, 1.807) is 12.1 Å². The summed E-state index contributed by atoms with van der Waals surface area (Å²) in [5.74, 6) is -0.255. The van der Waals surface area contributed by atoms with Crippen molar-refractivity contribution in [1.82, 2.24) is 9.47 Å². The molecular formula is C21H20FN3S. The van der Waals surface area contributed by atoms with Crippen LogP contribution in [0.3, 0.4) is 0 Å². The molecule has 1 N–H and O–H groups in total. The van der Waals surface area contributed by atoms with Crippen LogP contribution >= 0.6 is 12.2 Å². The Morgan fingerprint density at radius 1 is 1.04 bits per heavy atom. The Labute approximate surface area is 158 Å². The molecule has 132 valence electrons. The third kappa shape index (κ3) is 3.22. The molecule has 0 amide bonds. The summed E-state index contributed by atoms with van der Waals surface area (Å²) < 4.78 is 15.4. The molecule has 3 nitrogen and oxygen atoms in total. The second-order valence-electron chi connectivity index (χ2n) is 6.57. The molecule has 2 aromatic carbocycles. The van der Waals surface area contributed by atoms with Gasteiger partial charge >= 0.3 is 0 Å². The van der Waals surface area contributed by atoms with E-state index < -0.39 is 0 Å². The number of nitrogens with one attached hydrogen (secondary N) is 1. The third-order valence-corrected chi connectivity index (χ3v) is 5.12. The van der Waals surface area contributed by atoms with E-state index in [0.29, 0.717) is 5.11 Å². The van der Waals surface area contributed by atoms with Crippen molar-refractivity contribution < 1.29 is 4.39 Å². The van der Waals surface area contributed by atoms with Crippen molar-refractivity contribution in [3.63, 3.8) is 0 Å². The SMILES string of the molecule is Cc1ccc(C2c3cccn3CCN2C(=S)Nc2ccc(F)cc2)cc1. The maximum Gasteiger partial charge on any atom is 0.174 e. The molecule has 1 aliphatic rings. The number of hydrogen-bond acceptors (Lipinski definition) is 1. The van der Waals surface area contributed by atoms with Crippen LogP contribution in [-0.2, 0) is 6.54 Å². The number of nitrogens with zero attached hydrogens (tertiary/aromatic N) is 2. The van der Waals surface area contributed by atoms with Gasteiger partial charge in [-0.25, -0.2) is 4.39 Å². The van der Waals surface area contributed by atoms with Crippen LogP contribution in [0.15, 0.2) is 66.9 Å². The molecule has 0 bridgehead atoms. The van der Waals surface area contributed by atoms with Gasteiger partial charge in [0.05, 0.1) is 6.04 Å².